The number of carbonyl (C=O) groups excluding carboxylic acids is 1. The molecule has 0 radical (unpaired) electrons. The maximum absolute atomic E-state index is 11.8. The van der Waals surface area contributed by atoms with Crippen molar-refractivity contribution >= 4 is 35.2 Å². The lowest BCUT2D eigenvalue weighted by molar-refractivity contribution is 0.133. The second kappa shape index (κ2) is 10.2. The lowest BCUT2D eigenvalue weighted by atomic mass is 10.0. The Morgan fingerprint density at radius 2 is 1.69 bits per heavy atom. The Labute approximate surface area is 164 Å². The molecule has 0 aromatic heterocycles. The molecule has 1 amide bonds. The van der Waals surface area contributed by atoms with Crippen molar-refractivity contribution in [1.29, 1.82) is 0 Å². The lowest BCUT2D eigenvalue weighted by Gasteiger charge is -2.10. The van der Waals surface area contributed by atoms with Crippen LogP contribution in [0.15, 0.2) is 53.6 Å². The number of benzene rings is 2. The molecule has 0 aliphatic rings. The molecule has 2 aromatic rings. The molecule has 26 heavy (non-hydrogen) atoms. The zero-order chi connectivity index (χ0) is 18.9. The number of amides is 1. The van der Waals surface area contributed by atoms with E-state index in [1.54, 1.807) is 23.9 Å². The summed E-state index contributed by atoms with van der Waals surface area (Å²) in [7, 11) is 0. The second-order valence-electron chi connectivity index (χ2n) is 6.20. The zero-order valence-electron chi connectivity index (χ0n) is 15.2. The molecular weight excluding hydrogens is 368 g/mol. The monoisotopic (exact) mass is 390 g/mol. The smallest absolute Gasteiger partial charge is 0.427 e. The van der Waals surface area contributed by atoms with E-state index in [9.17, 15) is 4.79 Å². The van der Waals surface area contributed by atoms with Crippen molar-refractivity contribution in [1.82, 2.24) is 5.43 Å². The van der Waals surface area contributed by atoms with Gasteiger partial charge in [0.2, 0.25) is 0 Å². The molecule has 0 aliphatic heterocycles. The molecule has 0 fully saturated rings. The van der Waals surface area contributed by atoms with Crippen LogP contribution in [0.3, 0.4) is 0 Å². The van der Waals surface area contributed by atoms with Crippen LogP contribution in [0, 0.1) is 5.92 Å². The maximum atomic E-state index is 11.8. The van der Waals surface area contributed by atoms with Gasteiger partial charge in [-0.3, -0.25) is 0 Å². The van der Waals surface area contributed by atoms with Crippen molar-refractivity contribution in [2.45, 2.75) is 19.6 Å². The first-order chi connectivity index (χ1) is 12.5. The number of hydrogen-bond acceptors (Lipinski definition) is 4. The van der Waals surface area contributed by atoms with Gasteiger partial charge in [-0.2, -0.15) is 16.9 Å². The maximum Gasteiger partial charge on any atom is 0.427 e. The van der Waals surface area contributed by atoms with Crippen molar-refractivity contribution in [2.75, 3.05) is 12.9 Å². The first kappa shape index (κ1) is 20.3. The summed E-state index contributed by atoms with van der Waals surface area (Å²) in [5.74, 6) is 1.22. The standard InChI is InChI=1S/C20H23ClN2O2S/c1-14(2)12-25-20(24)23-22-19(17-8-10-18(21)11-9-17)16-6-4-15(5-7-16)13-26-3/h4-11,14H,12-13H2,1-3H3,(H,23,24). The summed E-state index contributed by atoms with van der Waals surface area (Å²) in [6, 6.07) is 15.5. The normalized spacial score (nSPS) is 11.5. The van der Waals surface area contributed by atoms with Gasteiger partial charge in [0.25, 0.3) is 0 Å². The minimum Gasteiger partial charge on any atom is -0.448 e. The number of hydrogen-bond donors (Lipinski definition) is 1. The fraction of sp³-hybridized carbons (Fsp3) is 0.300. The van der Waals surface area contributed by atoms with Gasteiger partial charge in [-0.1, -0.05) is 61.8 Å². The highest BCUT2D eigenvalue weighted by molar-refractivity contribution is 7.97. The Bertz CT molecular complexity index is 743. The van der Waals surface area contributed by atoms with Gasteiger partial charge < -0.3 is 4.74 Å². The summed E-state index contributed by atoms with van der Waals surface area (Å²) < 4.78 is 5.11. The topological polar surface area (TPSA) is 50.7 Å². The highest BCUT2D eigenvalue weighted by atomic mass is 35.5. The van der Waals surface area contributed by atoms with Crippen LogP contribution in [-0.2, 0) is 10.5 Å². The van der Waals surface area contributed by atoms with E-state index in [1.807, 2.05) is 38.1 Å². The molecule has 4 nitrogen and oxygen atoms in total. The average molecular weight is 391 g/mol. The largest absolute Gasteiger partial charge is 0.448 e. The number of hydrazone groups is 1. The average Bonchev–Trinajstić information content (AvgIpc) is 2.63. The van der Waals surface area contributed by atoms with Gasteiger partial charge in [-0.15, -0.1) is 0 Å². The van der Waals surface area contributed by atoms with Crippen LogP contribution < -0.4 is 5.43 Å². The van der Waals surface area contributed by atoms with E-state index in [2.05, 4.69) is 28.9 Å². The minimum atomic E-state index is -0.566. The highest BCUT2D eigenvalue weighted by Gasteiger charge is 2.10. The summed E-state index contributed by atoms with van der Waals surface area (Å²) in [6.07, 6.45) is 1.51. The first-order valence-corrected chi connectivity index (χ1v) is 10.1. The van der Waals surface area contributed by atoms with Crippen molar-refractivity contribution in [3.05, 3.63) is 70.2 Å². The van der Waals surface area contributed by atoms with Crippen LogP contribution in [0.1, 0.15) is 30.5 Å². The fourth-order valence-electron chi connectivity index (χ4n) is 2.21. The van der Waals surface area contributed by atoms with Crippen molar-refractivity contribution < 1.29 is 9.53 Å². The van der Waals surface area contributed by atoms with E-state index >= 15 is 0 Å². The summed E-state index contributed by atoms with van der Waals surface area (Å²) in [4.78, 5) is 11.8. The SMILES string of the molecule is CSCc1ccc(C(=NNC(=O)OCC(C)C)c2ccc(Cl)cc2)cc1. The third-order valence-corrected chi connectivity index (χ3v) is 4.34. The van der Waals surface area contributed by atoms with E-state index in [4.69, 9.17) is 16.3 Å². The number of nitrogens with zero attached hydrogens (tertiary/aromatic N) is 1. The number of ether oxygens (including phenoxy) is 1. The van der Waals surface area contributed by atoms with Crippen LogP contribution in [0.5, 0.6) is 0 Å². The quantitative estimate of drug-likeness (QED) is 0.513. The van der Waals surface area contributed by atoms with Gasteiger partial charge in [-0.25, -0.2) is 10.2 Å². The number of nitrogens with one attached hydrogen (secondary N) is 1. The van der Waals surface area contributed by atoms with Crippen molar-refractivity contribution in [2.24, 2.45) is 11.0 Å². The van der Waals surface area contributed by atoms with Crippen LogP contribution in [-0.4, -0.2) is 24.7 Å². The first-order valence-electron chi connectivity index (χ1n) is 8.34. The Balaban J connectivity index is 2.25. The van der Waals surface area contributed by atoms with Crippen LogP contribution in [0.2, 0.25) is 5.02 Å². The predicted octanol–water partition coefficient (Wildman–Crippen LogP) is 5.34. The second-order valence-corrected chi connectivity index (χ2v) is 7.50. The summed E-state index contributed by atoms with van der Waals surface area (Å²) in [6.45, 7) is 4.30. The van der Waals surface area contributed by atoms with Gasteiger partial charge >= 0.3 is 6.09 Å². The Morgan fingerprint density at radius 1 is 1.12 bits per heavy atom. The van der Waals surface area contributed by atoms with E-state index in [1.165, 1.54) is 5.56 Å². The summed E-state index contributed by atoms with van der Waals surface area (Å²) in [5, 5.41) is 4.94. The van der Waals surface area contributed by atoms with Crippen molar-refractivity contribution in [3.63, 3.8) is 0 Å². The van der Waals surface area contributed by atoms with E-state index in [-0.39, 0.29) is 5.92 Å². The predicted molar refractivity (Wildman–Crippen MR) is 110 cm³/mol. The third kappa shape index (κ3) is 6.39. The summed E-state index contributed by atoms with van der Waals surface area (Å²) in [5.41, 5.74) is 6.13. The van der Waals surface area contributed by atoms with Gasteiger partial charge in [0, 0.05) is 21.9 Å². The van der Waals surface area contributed by atoms with Gasteiger partial charge in [0.1, 0.15) is 0 Å². The molecule has 0 aliphatic carbocycles. The Morgan fingerprint density at radius 3 is 2.23 bits per heavy atom. The van der Waals surface area contributed by atoms with Gasteiger partial charge in [0.15, 0.2) is 0 Å². The molecule has 2 rings (SSSR count). The molecule has 0 unspecified atom stereocenters. The van der Waals surface area contributed by atoms with Crippen LogP contribution in [0.25, 0.3) is 0 Å². The van der Waals surface area contributed by atoms with Gasteiger partial charge in [0.05, 0.1) is 12.3 Å². The molecule has 0 atom stereocenters. The lowest BCUT2D eigenvalue weighted by Crippen LogP contribution is -2.23. The molecular formula is C20H23ClN2O2S. The number of rotatable bonds is 7. The number of carbonyl (C=O) groups is 1. The fourth-order valence-corrected chi connectivity index (χ4v) is 2.86. The van der Waals surface area contributed by atoms with Crippen LogP contribution in [0.4, 0.5) is 4.79 Å². The molecule has 2 aromatic carbocycles. The Kier molecular flexibility index (Phi) is 8.01. The third-order valence-electron chi connectivity index (χ3n) is 3.46. The molecule has 1 N–H and O–H groups in total. The number of halogens is 1. The number of thioether (sulfide) groups is 1. The summed E-state index contributed by atoms with van der Waals surface area (Å²) >= 11 is 7.75. The minimum absolute atomic E-state index is 0.268. The van der Waals surface area contributed by atoms with Crippen LogP contribution >= 0.6 is 23.4 Å². The molecule has 0 heterocycles. The van der Waals surface area contributed by atoms with E-state index < -0.39 is 6.09 Å². The zero-order valence-corrected chi connectivity index (χ0v) is 16.7. The van der Waals surface area contributed by atoms with E-state index in [0.29, 0.717) is 17.3 Å². The highest BCUT2D eigenvalue weighted by Crippen LogP contribution is 2.17. The molecule has 0 saturated carbocycles. The van der Waals surface area contributed by atoms with Crippen molar-refractivity contribution in [3.8, 4) is 0 Å². The Hall–Kier alpha value is -1.98. The molecule has 0 bridgehead atoms. The van der Waals surface area contributed by atoms with E-state index in [0.717, 1.165) is 16.9 Å². The molecule has 6 heteroatoms. The van der Waals surface area contributed by atoms with Gasteiger partial charge in [-0.05, 0) is 29.9 Å². The molecule has 0 saturated heterocycles. The molecule has 138 valence electrons. The molecule has 0 spiro atoms.